The summed E-state index contributed by atoms with van der Waals surface area (Å²) in [5, 5.41) is 0. The van der Waals surface area contributed by atoms with Crippen LogP contribution in [0.1, 0.15) is 6.42 Å². The molecule has 1 aliphatic heterocycles. The number of nitrogens with zero attached hydrogens (tertiary/aromatic N) is 1. The lowest BCUT2D eigenvalue weighted by atomic mass is 9.89. The van der Waals surface area contributed by atoms with Crippen LogP contribution in [-0.2, 0) is 9.53 Å². The number of hydrogen-bond donors (Lipinski definition) is 0. The van der Waals surface area contributed by atoms with E-state index in [1.807, 2.05) is 19.0 Å². The second-order valence-electron chi connectivity index (χ2n) is 3.52. The summed E-state index contributed by atoms with van der Waals surface area (Å²) in [5.74, 6) is 0. The molecule has 0 radical (unpaired) electrons. The number of carbonyl (C=O) groups is 1. The fourth-order valence-electron chi connectivity index (χ4n) is 1.51. The van der Waals surface area contributed by atoms with Crippen molar-refractivity contribution < 1.29 is 9.53 Å². The lowest BCUT2D eigenvalue weighted by Gasteiger charge is -2.23. The summed E-state index contributed by atoms with van der Waals surface area (Å²) in [6.45, 7) is 2.12. The molecule has 0 spiro atoms. The molecule has 0 aliphatic carbocycles. The molecule has 1 rings (SSSR count). The van der Waals surface area contributed by atoms with Crippen LogP contribution in [0.4, 0.5) is 0 Å². The SMILES string of the molecule is CN(C)CC1(C=O)CCOC1. The number of hydrogen-bond acceptors (Lipinski definition) is 3. The summed E-state index contributed by atoms with van der Waals surface area (Å²) < 4.78 is 5.19. The predicted octanol–water partition coefficient (Wildman–Crippen LogP) is 0.154. The van der Waals surface area contributed by atoms with Crippen molar-refractivity contribution in [3.8, 4) is 0 Å². The summed E-state index contributed by atoms with van der Waals surface area (Å²) in [6.07, 6.45) is 1.91. The molecular formula is C8H15NO2. The van der Waals surface area contributed by atoms with Crippen LogP contribution >= 0.6 is 0 Å². The zero-order valence-electron chi connectivity index (χ0n) is 7.17. The standard InChI is InChI=1S/C8H15NO2/c1-9(2)5-8(6-10)3-4-11-7-8/h6H,3-5,7H2,1-2H3. The maximum atomic E-state index is 10.8. The fraction of sp³-hybridized carbons (Fsp3) is 0.875. The molecule has 0 aromatic rings. The number of ether oxygens (including phenoxy) is 1. The van der Waals surface area contributed by atoms with Crippen LogP contribution in [0, 0.1) is 5.41 Å². The average molecular weight is 157 g/mol. The summed E-state index contributed by atoms with van der Waals surface area (Å²) in [6, 6.07) is 0. The molecule has 1 atom stereocenters. The van der Waals surface area contributed by atoms with Crippen LogP contribution in [0.25, 0.3) is 0 Å². The van der Waals surface area contributed by atoms with Gasteiger partial charge >= 0.3 is 0 Å². The zero-order chi connectivity index (χ0) is 8.32. The molecular weight excluding hydrogens is 142 g/mol. The van der Waals surface area contributed by atoms with Crippen LogP contribution in [0.2, 0.25) is 0 Å². The van der Waals surface area contributed by atoms with E-state index in [4.69, 9.17) is 4.74 Å². The molecule has 0 N–H and O–H groups in total. The van der Waals surface area contributed by atoms with E-state index in [0.717, 1.165) is 25.9 Å². The molecule has 1 aliphatic rings. The molecule has 3 nitrogen and oxygen atoms in total. The normalized spacial score (nSPS) is 31.2. The molecule has 1 fully saturated rings. The predicted molar refractivity (Wildman–Crippen MR) is 42.5 cm³/mol. The van der Waals surface area contributed by atoms with Gasteiger partial charge in [0.05, 0.1) is 12.0 Å². The van der Waals surface area contributed by atoms with E-state index >= 15 is 0 Å². The number of rotatable bonds is 3. The van der Waals surface area contributed by atoms with Crippen LogP contribution in [0.15, 0.2) is 0 Å². The van der Waals surface area contributed by atoms with Crippen LogP contribution in [0.3, 0.4) is 0 Å². The van der Waals surface area contributed by atoms with Gasteiger partial charge in [0.15, 0.2) is 0 Å². The Balaban J connectivity index is 2.52. The third kappa shape index (κ3) is 2.01. The summed E-state index contributed by atoms with van der Waals surface area (Å²) in [5.41, 5.74) is -0.219. The quantitative estimate of drug-likeness (QED) is 0.546. The van der Waals surface area contributed by atoms with Gasteiger partial charge in [-0.05, 0) is 20.5 Å². The molecule has 0 saturated carbocycles. The molecule has 11 heavy (non-hydrogen) atoms. The Kier molecular flexibility index (Phi) is 2.62. The number of carbonyl (C=O) groups excluding carboxylic acids is 1. The van der Waals surface area contributed by atoms with Crippen molar-refractivity contribution in [1.29, 1.82) is 0 Å². The van der Waals surface area contributed by atoms with Gasteiger partial charge < -0.3 is 14.4 Å². The molecule has 1 saturated heterocycles. The Morgan fingerprint density at radius 2 is 2.36 bits per heavy atom. The third-order valence-electron chi connectivity index (χ3n) is 2.01. The van der Waals surface area contributed by atoms with Crippen molar-refractivity contribution in [2.45, 2.75) is 6.42 Å². The highest BCUT2D eigenvalue weighted by Crippen LogP contribution is 2.26. The van der Waals surface area contributed by atoms with Crippen molar-refractivity contribution in [1.82, 2.24) is 4.90 Å². The van der Waals surface area contributed by atoms with Crippen LogP contribution in [0.5, 0.6) is 0 Å². The van der Waals surface area contributed by atoms with E-state index in [0.29, 0.717) is 6.61 Å². The first-order valence-electron chi connectivity index (χ1n) is 3.87. The van der Waals surface area contributed by atoms with E-state index in [2.05, 4.69) is 0 Å². The van der Waals surface area contributed by atoms with Gasteiger partial charge in [0, 0.05) is 13.2 Å². The lowest BCUT2D eigenvalue weighted by molar-refractivity contribution is -0.117. The third-order valence-corrected chi connectivity index (χ3v) is 2.01. The molecule has 1 heterocycles. The van der Waals surface area contributed by atoms with E-state index in [1.165, 1.54) is 0 Å². The Hall–Kier alpha value is -0.410. The topological polar surface area (TPSA) is 29.5 Å². The Morgan fingerprint density at radius 1 is 1.64 bits per heavy atom. The van der Waals surface area contributed by atoms with E-state index in [1.54, 1.807) is 0 Å². The second-order valence-corrected chi connectivity index (χ2v) is 3.52. The average Bonchev–Trinajstić information content (AvgIpc) is 2.36. The molecule has 1 unspecified atom stereocenters. The smallest absolute Gasteiger partial charge is 0.129 e. The molecule has 0 bridgehead atoms. The molecule has 64 valence electrons. The minimum atomic E-state index is -0.219. The van der Waals surface area contributed by atoms with E-state index < -0.39 is 0 Å². The largest absolute Gasteiger partial charge is 0.380 e. The molecule has 0 aromatic heterocycles. The fourth-order valence-corrected chi connectivity index (χ4v) is 1.51. The van der Waals surface area contributed by atoms with Gasteiger partial charge in [-0.15, -0.1) is 0 Å². The molecule has 0 aromatic carbocycles. The van der Waals surface area contributed by atoms with E-state index in [-0.39, 0.29) is 5.41 Å². The summed E-state index contributed by atoms with van der Waals surface area (Å²) in [4.78, 5) is 12.8. The highest BCUT2D eigenvalue weighted by molar-refractivity contribution is 5.60. The van der Waals surface area contributed by atoms with Crippen molar-refractivity contribution >= 4 is 6.29 Å². The second kappa shape index (κ2) is 3.32. The van der Waals surface area contributed by atoms with Gasteiger partial charge in [-0.3, -0.25) is 0 Å². The molecule has 0 amide bonds. The maximum Gasteiger partial charge on any atom is 0.129 e. The van der Waals surface area contributed by atoms with Crippen LogP contribution in [-0.4, -0.2) is 45.0 Å². The minimum absolute atomic E-state index is 0.219. The minimum Gasteiger partial charge on any atom is -0.380 e. The van der Waals surface area contributed by atoms with Crippen LogP contribution < -0.4 is 0 Å². The maximum absolute atomic E-state index is 10.8. The number of aldehydes is 1. The highest BCUT2D eigenvalue weighted by Gasteiger charge is 2.34. The van der Waals surface area contributed by atoms with Gasteiger partial charge in [-0.25, -0.2) is 0 Å². The van der Waals surface area contributed by atoms with Gasteiger partial charge in [0.2, 0.25) is 0 Å². The van der Waals surface area contributed by atoms with Gasteiger partial charge in [-0.2, -0.15) is 0 Å². The Labute approximate surface area is 67.3 Å². The van der Waals surface area contributed by atoms with E-state index in [9.17, 15) is 4.79 Å². The molecule has 3 heteroatoms. The van der Waals surface area contributed by atoms with Gasteiger partial charge in [-0.1, -0.05) is 0 Å². The first-order valence-corrected chi connectivity index (χ1v) is 3.87. The summed E-state index contributed by atoms with van der Waals surface area (Å²) in [7, 11) is 3.95. The Morgan fingerprint density at radius 3 is 2.73 bits per heavy atom. The highest BCUT2D eigenvalue weighted by atomic mass is 16.5. The first kappa shape index (κ1) is 8.68. The first-order chi connectivity index (χ1) is 5.18. The van der Waals surface area contributed by atoms with Gasteiger partial charge in [0.1, 0.15) is 6.29 Å². The zero-order valence-corrected chi connectivity index (χ0v) is 7.17. The monoisotopic (exact) mass is 157 g/mol. The van der Waals surface area contributed by atoms with Crippen molar-refractivity contribution in [3.05, 3.63) is 0 Å². The van der Waals surface area contributed by atoms with Gasteiger partial charge in [0.25, 0.3) is 0 Å². The Bertz CT molecular complexity index is 139. The summed E-state index contributed by atoms with van der Waals surface area (Å²) >= 11 is 0. The van der Waals surface area contributed by atoms with Crippen molar-refractivity contribution in [2.75, 3.05) is 33.9 Å². The van der Waals surface area contributed by atoms with Crippen molar-refractivity contribution in [3.63, 3.8) is 0 Å². The van der Waals surface area contributed by atoms with Crippen molar-refractivity contribution in [2.24, 2.45) is 5.41 Å². The lowest BCUT2D eigenvalue weighted by Crippen LogP contribution is -2.35.